The van der Waals surface area contributed by atoms with Crippen LogP contribution in [0.5, 0.6) is 11.5 Å². The van der Waals surface area contributed by atoms with Crippen LogP contribution < -0.4 is 20.1 Å². The highest BCUT2D eigenvalue weighted by molar-refractivity contribution is 5.85. The Labute approximate surface area is 175 Å². The van der Waals surface area contributed by atoms with Gasteiger partial charge in [-0.15, -0.1) is 12.4 Å². The molecule has 2 aliphatic rings. The molecule has 2 atom stereocenters. The highest BCUT2D eigenvalue weighted by Crippen LogP contribution is 2.58. The lowest BCUT2D eigenvalue weighted by Gasteiger charge is -2.24. The summed E-state index contributed by atoms with van der Waals surface area (Å²) in [5, 5.41) is 6.59. The van der Waals surface area contributed by atoms with Gasteiger partial charge >= 0.3 is 0 Å². The Morgan fingerprint density at radius 2 is 1.96 bits per heavy atom. The molecule has 1 saturated carbocycles. The van der Waals surface area contributed by atoms with Gasteiger partial charge in [-0.1, -0.05) is 19.9 Å². The SMILES string of the molecule is COc1cc(C(C)NC(=O)C2CC23CCNCC3)ccc1OCCC(C)C.Cl. The Balaban J connectivity index is 0.00000280. The van der Waals surface area contributed by atoms with E-state index in [1.807, 2.05) is 25.1 Å². The molecular weight excluding hydrogens is 376 g/mol. The zero-order valence-electron chi connectivity index (χ0n) is 17.5. The van der Waals surface area contributed by atoms with Crippen LogP contribution in [-0.4, -0.2) is 32.7 Å². The van der Waals surface area contributed by atoms with Gasteiger partial charge in [-0.25, -0.2) is 0 Å². The molecule has 5 nitrogen and oxygen atoms in total. The molecule has 28 heavy (non-hydrogen) atoms. The quantitative estimate of drug-likeness (QED) is 0.677. The molecule has 6 heteroatoms. The Morgan fingerprint density at radius 3 is 2.61 bits per heavy atom. The maximum Gasteiger partial charge on any atom is 0.224 e. The fraction of sp³-hybridized carbons (Fsp3) is 0.682. The second-order valence-corrected chi connectivity index (χ2v) is 8.54. The number of rotatable bonds is 8. The van der Waals surface area contributed by atoms with Gasteiger partial charge in [0.25, 0.3) is 0 Å². The highest BCUT2D eigenvalue weighted by atomic mass is 35.5. The van der Waals surface area contributed by atoms with Crippen molar-refractivity contribution in [3.05, 3.63) is 23.8 Å². The molecule has 1 spiro atoms. The standard InChI is InChI=1S/C22H34N2O3.ClH/c1-15(2)7-12-27-19-6-5-17(13-20(19)26-4)16(3)24-21(25)18-14-22(18)8-10-23-11-9-22;/h5-6,13,15-16,18,23H,7-12,14H2,1-4H3,(H,24,25);1H. The van der Waals surface area contributed by atoms with E-state index in [9.17, 15) is 4.79 Å². The van der Waals surface area contributed by atoms with E-state index in [1.165, 1.54) is 0 Å². The molecule has 1 aromatic rings. The van der Waals surface area contributed by atoms with Gasteiger partial charge in [0.15, 0.2) is 11.5 Å². The molecule has 2 unspecified atom stereocenters. The second kappa shape index (κ2) is 9.84. The predicted molar refractivity (Wildman–Crippen MR) is 114 cm³/mol. The third-order valence-electron chi connectivity index (χ3n) is 6.10. The van der Waals surface area contributed by atoms with E-state index in [4.69, 9.17) is 9.47 Å². The fourth-order valence-electron chi connectivity index (χ4n) is 4.07. The predicted octanol–water partition coefficient (Wildman–Crippen LogP) is 4.11. The van der Waals surface area contributed by atoms with Crippen LogP contribution in [0.15, 0.2) is 18.2 Å². The largest absolute Gasteiger partial charge is 0.493 e. The van der Waals surface area contributed by atoms with Crippen molar-refractivity contribution in [1.82, 2.24) is 10.6 Å². The number of ether oxygens (including phenoxy) is 2. The van der Waals surface area contributed by atoms with Crippen molar-refractivity contribution in [3.63, 3.8) is 0 Å². The van der Waals surface area contributed by atoms with E-state index in [1.54, 1.807) is 7.11 Å². The van der Waals surface area contributed by atoms with Crippen molar-refractivity contribution in [2.75, 3.05) is 26.8 Å². The first kappa shape index (κ1) is 22.8. The van der Waals surface area contributed by atoms with Gasteiger partial charge < -0.3 is 20.1 Å². The Bertz CT molecular complexity index is 659. The lowest BCUT2D eigenvalue weighted by molar-refractivity contribution is -0.123. The number of amides is 1. The van der Waals surface area contributed by atoms with Crippen LogP contribution in [0.3, 0.4) is 0 Å². The lowest BCUT2D eigenvalue weighted by Crippen LogP contribution is -2.34. The van der Waals surface area contributed by atoms with Gasteiger partial charge in [0.1, 0.15) is 0 Å². The summed E-state index contributed by atoms with van der Waals surface area (Å²) in [7, 11) is 1.66. The minimum atomic E-state index is -0.0459. The minimum absolute atomic E-state index is 0. The number of hydrogen-bond donors (Lipinski definition) is 2. The van der Waals surface area contributed by atoms with Crippen LogP contribution in [0.1, 0.15) is 58.1 Å². The molecule has 0 bridgehead atoms. The number of methoxy groups -OCH3 is 1. The molecule has 0 radical (unpaired) electrons. The van der Waals surface area contributed by atoms with E-state index in [0.717, 1.165) is 55.8 Å². The van der Waals surface area contributed by atoms with Crippen molar-refractivity contribution in [2.45, 2.75) is 52.5 Å². The number of carbonyl (C=O) groups is 1. The first-order valence-corrected chi connectivity index (χ1v) is 10.3. The average molecular weight is 411 g/mol. The van der Waals surface area contributed by atoms with Gasteiger partial charge in [0, 0.05) is 5.92 Å². The third-order valence-corrected chi connectivity index (χ3v) is 6.10. The maximum absolute atomic E-state index is 12.7. The maximum atomic E-state index is 12.7. The summed E-state index contributed by atoms with van der Waals surface area (Å²) < 4.78 is 11.4. The minimum Gasteiger partial charge on any atom is -0.493 e. The van der Waals surface area contributed by atoms with Crippen molar-refractivity contribution < 1.29 is 14.3 Å². The number of carbonyl (C=O) groups excluding carboxylic acids is 1. The summed E-state index contributed by atoms with van der Waals surface area (Å²) in [5.41, 5.74) is 1.30. The summed E-state index contributed by atoms with van der Waals surface area (Å²) in [5.74, 6) is 2.47. The Hall–Kier alpha value is -1.46. The smallest absolute Gasteiger partial charge is 0.224 e. The van der Waals surface area contributed by atoms with Crippen molar-refractivity contribution in [3.8, 4) is 11.5 Å². The molecule has 1 aromatic carbocycles. The number of piperidine rings is 1. The fourth-order valence-corrected chi connectivity index (χ4v) is 4.07. The van der Waals surface area contributed by atoms with E-state index in [0.29, 0.717) is 12.5 Å². The first-order chi connectivity index (χ1) is 12.9. The number of halogens is 1. The molecule has 0 aromatic heterocycles. The molecule has 1 saturated heterocycles. The highest BCUT2D eigenvalue weighted by Gasteiger charge is 2.57. The third kappa shape index (κ3) is 5.32. The van der Waals surface area contributed by atoms with Gasteiger partial charge in [-0.05, 0) is 74.7 Å². The first-order valence-electron chi connectivity index (χ1n) is 10.3. The van der Waals surface area contributed by atoms with E-state index in [-0.39, 0.29) is 35.7 Å². The van der Waals surface area contributed by atoms with Gasteiger partial charge in [-0.3, -0.25) is 4.79 Å². The summed E-state index contributed by atoms with van der Waals surface area (Å²) in [6.45, 7) is 9.15. The molecule has 1 amide bonds. The summed E-state index contributed by atoms with van der Waals surface area (Å²) in [4.78, 5) is 12.7. The monoisotopic (exact) mass is 410 g/mol. The summed E-state index contributed by atoms with van der Waals surface area (Å²) >= 11 is 0. The molecule has 2 fully saturated rings. The van der Waals surface area contributed by atoms with Crippen LogP contribution in [0.4, 0.5) is 0 Å². The zero-order chi connectivity index (χ0) is 19.4. The van der Waals surface area contributed by atoms with Crippen LogP contribution in [0.25, 0.3) is 0 Å². The van der Waals surface area contributed by atoms with Gasteiger partial charge in [0.05, 0.1) is 19.8 Å². The second-order valence-electron chi connectivity index (χ2n) is 8.54. The Morgan fingerprint density at radius 1 is 1.25 bits per heavy atom. The number of hydrogen-bond acceptors (Lipinski definition) is 4. The molecule has 1 heterocycles. The van der Waals surface area contributed by atoms with E-state index >= 15 is 0 Å². The van der Waals surface area contributed by atoms with E-state index < -0.39 is 0 Å². The summed E-state index contributed by atoms with van der Waals surface area (Å²) in [6, 6.07) is 5.90. The lowest BCUT2D eigenvalue weighted by atomic mass is 9.91. The average Bonchev–Trinajstić information content (AvgIpc) is 3.35. The molecule has 3 rings (SSSR count). The number of nitrogens with one attached hydrogen (secondary N) is 2. The molecule has 1 aliphatic carbocycles. The van der Waals surface area contributed by atoms with Crippen molar-refractivity contribution in [2.24, 2.45) is 17.3 Å². The Kier molecular flexibility index (Phi) is 8.02. The number of benzene rings is 1. The summed E-state index contributed by atoms with van der Waals surface area (Å²) in [6.07, 6.45) is 4.29. The van der Waals surface area contributed by atoms with Crippen LogP contribution in [0.2, 0.25) is 0 Å². The van der Waals surface area contributed by atoms with Crippen LogP contribution in [0, 0.1) is 17.3 Å². The molecule has 2 N–H and O–H groups in total. The van der Waals surface area contributed by atoms with Gasteiger partial charge in [-0.2, -0.15) is 0 Å². The van der Waals surface area contributed by atoms with Crippen molar-refractivity contribution in [1.29, 1.82) is 0 Å². The van der Waals surface area contributed by atoms with Crippen LogP contribution in [-0.2, 0) is 4.79 Å². The van der Waals surface area contributed by atoms with E-state index in [2.05, 4.69) is 24.5 Å². The zero-order valence-corrected chi connectivity index (χ0v) is 18.4. The normalized spacial score (nSPS) is 21.0. The molecular formula is C22H35ClN2O3. The van der Waals surface area contributed by atoms with Crippen LogP contribution >= 0.6 is 12.4 Å². The molecule has 158 valence electrons. The topological polar surface area (TPSA) is 59.6 Å². The van der Waals surface area contributed by atoms with Gasteiger partial charge in [0.2, 0.25) is 5.91 Å². The molecule has 1 aliphatic heterocycles. The van der Waals surface area contributed by atoms with Crippen molar-refractivity contribution >= 4 is 18.3 Å².